The van der Waals surface area contributed by atoms with Gasteiger partial charge in [0.15, 0.2) is 0 Å². The predicted octanol–water partition coefficient (Wildman–Crippen LogP) is 0.933. The molecule has 2 atom stereocenters. The molecule has 0 aromatic carbocycles. The van der Waals surface area contributed by atoms with Gasteiger partial charge in [-0.1, -0.05) is 0 Å². The maximum Gasteiger partial charge on any atom is 0.0830 e. The first-order chi connectivity index (χ1) is 7.83. The summed E-state index contributed by atoms with van der Waals surface area (Å²) in [5, 5.41) is 12.1. The van der Waals surface area contributed by atoms with Crippen LogP contribution in [0.15, 0.2) is 0 Å². The first-order valence-electron chi connectivity index (χ1n) is 6.36. The molecule has 1 aliphatic rings. The molecule has 0 bridgehead atoms. The number of aliphatic hydroxyl groups is 1. The molecule has 1 rings (SSSR count). The fraction of sp³-hybridized carbons (Fsp3) is 1.00. The predicted molar refractivity (Wildman–Crippen MR) is 63.6 cm³/mol. The summed E-state index contributed by atoms with van der Waals surface area (Å²) in [5.74, 6) is 0. The van der Waals surface area contributed by atoms with E-state index in [-0.39, 0.29) is 6.61 Å². The Morgan fingerprint density at radius 2 is 2.38 bits per heavy atom. The number of ether oxygens (including phenoxy) is 2. The highest BCUT2D eigenvalue weighted by molar-refractivity contribution is 4.64. The molecule has 4 heteroatoms. The minimum absolute atomic E-state index is 0.289. The van der Waals surface area contributed by atoms with Gasteiger partial charge in [-0.2, -0.15) is 0 Å². The Morgan fingerprint density at radius 3 is 3.06 bits per heavy atom. The van der Waals surface area contributed by atoms with Crippen LogP contribution in [0, 0.1) is 0 Å². The first kappa shape index (κ1) is 13.9. The molecule has 0 saturated carbocycles. The maximum absolute atomic E-state index is 8.69. The van der Waals surface area contributed by atoms with Gasteiger partial charge in [0.2, 0.25) is 0 Å². The average Bonchev–Trinajstić information content (AvgIpc) is 2.79. The fourth-order valence-electron chi connectivity index (χ4n) is 1.81. The van der Waals surface area contributed by atoms with Crippen molar-refractivity contribution in [1.82, 2.24) is 5.32 Å². The molecule has 1 fully saturated rings. The molecule has 0 radical (unpaired) electrons. The van der Waals surface area contributed by atoms with E-state index in [0.717, 1.165) is 52.0 Å². The summed E-state index contributed by atoms with van der Waals surface area (Å²) in [6.07, 6.45) is 4.32. The van der Waals surface area contributed by atoms with Crippen LogP contribution in [0.1, 0.15) is 32.6 Å². The van der Waals surface area contributed by atoms with Crippen molar-refractivity contribution in [2.45, 2.75) is 44.8 Å². The highest BCUT2D eigenvalue weighted by atomic mass is 16.5. The summed E-state index contributed by atoms with van der Waals surface area (Å²) < 4.78 is 10.9. The molecular weight excluding hydrogens is 206 g/mol. The number of hydrogen-bond donors (Lipinski definition) is 2. The van der Waals surface area contributed by atoms with Gasteiger partial charge in [0.1, 0.15) is 0 Å². The molecule has 1 aliphatic heterocycles. The molecular formula is C12H25NO3. The van der Waals surface area contributed by atoms with Crippen molar-refractivity contribution in [3.8, 4) is 0 Å². The summed E-state index contributed by atoms with van der Waals surface area (Å²) in [7, 11) is 0. The van der Waals surface area contributed by atoms with E-state index >= 15 is 0 Å². The Hall–Kier alpha value is -0.160. The Labute approximate surface area is 98.3 Å². The van der Waals surface area contributed by atoms with E-state index in [1.165, 1.54) is 0 Å². The topological polar surface area (TPSA) is 50.7 Å². The van der Waals surface area contributed by atoms with Crippen LogP contribution in [0.3, 0.4) is 0 Å². The van der Waals surface area contributed by atoms with Crippen LogP contribution >= 0.6 is 0 Å². The van der Waals surface area contributed by atoms with E-state index < -0.39 is 0 Å². The van der Waals surface area contributed by atoms with Crippen LogP contribution < -0.4 is 5.32 Å². The lowest BCUT2D eigenvalue weighted by molar-refractivity contribution is 0.0413. The molecule has 4 nitrogen and oxygen atoms in total. The summed E-state index contributed by atoms with van der Waals surface area (Å²) in [6.45, 7) is 5.85. The van der Waals surface area contributed by atoms with Crippen molar-refractivity contribution in [3.63, 3.8) is 0 Å². The van der Waals surface area contributed by atoms with Crippen molar-refractivity contribution in [2.24, 2.45) is 0 Å². The Bertz CT molecular complexity index is 160. The summed E-state index contributed by atoms with van der Waals surface area (Å²) in [6, 6.07) is 0.488. The molecule has 0 aliphatic carbocycles. The quantitative estimate of drug-likeness (QED) is 0.580. The monoisotopic (exact) mass is 231 g/mol. The number of aliphatic hydroxyl groups excluding tert-OH is 1. The SMILES string of the molecule is CC(CCCO)NCCCOC1CCOC1. The zero-order chi connectivity index (χ0) is 11.6. The van der Waals surface area contributed by atoms with E-state index in [0.29, 0.717) is 12.1 Å². The van der Waals surface area contributed by atoms with Gasteiger partial charge in [0.05, 0.1) is 12.7 Å². The smallest absolute Gasteiger partial charge is 0.0830 e. The van der Waals surface area contributed by atoms with E-state index in [1.807, 2.05) is 0 Å². The highest BCUT2D eigenvalue weighted by Gasteiger charge is 2.15. The Balaban J connectivity index is 1.83. The largest absolute Gasteiger partial charge is 0.396 e. The van der Waals surface area contributed by atoms with E-state index in [4.69, 9.17) is 14.6 Å². The van der Waals surface area contributed by atoms with Crippen molar-refractivity contribution in [2.75, 3.05) is 33.0 Å². The minimum atomic E-state index is 0.289. The van der Waals surface area contributed by atoms with E-state index in [2.05, 4.69) is 12.2 Å². The van der Waals surface area contributed by atoms with E-state index in [9.17, 15) is 0 Å². The van der Waals surface area contributed by atoms with Crippen molar-refractivity contribution in [1.29, 1.82) is 0 Å². The van der Waals surface area contributed by atoms with Crippen LogP contribution in [0.4, 0.5) is 0 Å². The molecule has 16 heavy (non-hydrogen) atoms. The molecule has 0 amide bonds. The second kappa shape index (κ2) is 8.93. The van der Waals surface area contributed by atoms with Gasteiger partial charge in [-0.3, -0.25) is 0 Å². The molecule has 1 heterocycles. The third-order valence-corrected chi connectivity index (χ3v) is 2.85. The zero-order valence-electron chi connectivity index (χ0n) is 10.3. The first-order valence-corrected chi connectivity index (χ1v) is 6.36. The van der Waals surface area contributed by atoms with Crippen molar-refractivity contribution >= 4 is 0 Å². The van der Waals surface area contributed by atoms with Crippen molar-refractivity contribution < 1.29 is 14.6 Å². The van der Waals surface area contributed by atoms with Gasteiger partial charge >= 0.3 is 0 Å². The Morgan fingerprint density at radius 1 is 1.50 bits per heavy atom. The number of nitrogens with one attached hydrogen (secondary N) is 1. The van der Waals surface area contributed by atoms with Crippen LogP contribution in [-0.2, 0) is 9.47 Å². The molecule has 2 N–H and O–H groups in total. The lowest BCUT2D eigenvalue weighted by atomic mass is 10.2. The molecule has 0 aromatic heterocycles. The van der Waals surface area contributed by atoms with E-state index in [1.54, 1.807) is 0 Å². The van der Waals surface area contributed by atoms with Gasteiger partial charge in [0.25, 0.3) is 0 Å². The zero-order valence-corrected chi connectivity index (χ0v) is 10.3. The lowest BCUT2D eigenvalue weighted by Gasteiger charge is -2.14. The second-order valence-corrected chi connectivity index (χ2v) is 4.43. The third-order valence-electron chi connectivity index (χ3n) is 2.85. The summed E-state index contributed by atoms with van der Waals surface area (Å²) in [4.78, 5) is 0. The van der Waals surface area contributed by atoms with Gasteiger partial charge in [-0.25, -0.2) is 0 Å². The van der Waals surface area contributed by atoms with Gasteiger partial charge < -0.3 is 19.9 Å². The summed E-state index contributed by atoms with van der Waals surface area (Å²) >= 11 is 0. The minimum Gasteiger partial charge on any atom is -0.396 e. The van der Waals surface area contributed by atoms with Crippen LogP contribution in [-0.4, -0.2) is 50.2 Å². The molecule has 0 aromatic rings. The summed E-state index contributed by atoms with van der Waals surface area (Å²) in [5.41, 5.74) is 0. The lowest BCUT2D eigenvalue weighted by Crippen LogP contribution is -2.28. The third kappa shape index (κ3) is 6.43. The molecule has 2 unspecified atom stereocenters. The average molecular weight is 231 g/mol. The van der Waals surface area contributed by atoms with Gasteiger partial charge in [0, 0.05) is 25.9 Å². The normalized spacial score (nSPS) is 22.5. The standard InChI is InChI=1S/C12H25NO3/c1-11(4-2-7-14)13-6-3-8-16-12-5-9-15-10-12/h11-14H,2-10H2,1H3. The number of hydrogen-bond acceptors (Lipinski definition) is 4. The van der Waals surface area contributed by atoms with Crippen LogP contribution in [0.25, 0.3) is 0 Å². The molecule has 1 saturated heterocycles. The maximum atomic E-state index is 8.69. The Kier molecular flexibility index (Phi) is 7.76. The molecule has 96 valence electrons. The second-order valence-electron chi connectivity index (χ2n) is 4.43. The van der Waals surface area contributed by atoms with Crippen LogP contribution in [0.2, 0.25) is 0 Å². The number of rotatable bonds is 9. The van der Waals surface area contributed by atoms with Gasteiger partial charge in [-0.15, -0.1) is 0 Å². The van der Waals surface area contributed by atoms with Gasteiger partial charge in [-0.05, 0) is 39.2 Å². The van der Waals surface area contributed by atoms with Crippen LogP contribution in [0.5, 0.6) is 0 Å². The van der Waals surface area contributed by atoms with Crippen molar-refractivity contribution in [3.05, 3.63) is 0 Å². The highest BCUT2D eigenvalue weighted by Crippen LogP contribution is 2.07. The molecule has 0 spiro atoms. The fourth-order valence-corrected chi connectivity index (χ4v) is 1.81.